The molecule has 0 radical (unpaired) electrons. The number of nitrogens with one attached hydrogen (secondary N) is 1. The second kappa shape index (κ2) is 3.85. The Labute approximate surface area is 126 Å². The lowest BCUT2D eigenvalue weighted by molar-refractivity contribution is -0.00515. The van der Waals surface area contributed by atoms with Gasteiger partial charge in [0.05, 0.1) is 0 Å². The molecule has 4 saturated carbocycles. The van der Waals surface area contributed by atoms with Gasteiger partial charge in [0.2, 0.25) is 0 Å². The van der Waals surface area contributed by atoms with Crippen LogP contribution in [0.25, 0.3) is 11.0 Å². The highest BCUT2D eigenvalue weighted by Crippen LogP contribution is 2.61. The Kier molecular flexibility index (Phi) is 2.25. The van der Waals surface area contributed by atoms with E-state index in [0.29, 0.717) is 5.41 Å². The number of rotatable bonds is 1. The summed E-state index contributed by atoms with van der Waals surface area (Å²) in [6.07, 6.45) is 8.67. The molecule has 2 aromatic rings. The van der Waals surface area contributed by atoms with E-state index in [2.05, 4.69) is 43.5 Å². The van der Waals surface area contributed by atoms with Gasteiger partial charge in [-0.2, -0.15) is 15.4 Å². The van der Waals surface area contributed by atoms with Gasteiger partial charge in [0.25, 0.3) is 0 Å². The van der Waals surface area contributed by atoms with Gasteiger partial charge >= 0.3 is 0 Å². The monoisotopic (exact) mass is 331 g/mol. The molecule has 0 aliphatic heterocycles. The van der Waals surface area contributed by atoms with Crippen LogP contribution in [0.3, 0.4) is 0 Å². The largest absolute Gasteiger partial charge is 0.197 e. The summed E-state index contributed by atoms with van der Waals surface area (Å²) >= 11 is 3.68. The smallest absolute Gasteiger partial charge is 0.127 e. The van der Waals surface area contributed by atoms with Gasteiger partial charge in [0, 0.05) is 4.47 Å². The van der Waals surface area contributed by atoms with Gasteiger partial charge in [-0.05, 0) is 95.3 Å². The molecule has 0 atom stereocenters. The number of hydrogen-bond acceptors (Lipinski definition) is 2. The molecular formula is C16H18BrN3. The van der Waals surface area contributed by atoms with E-state index in [0.717, 1.165) is 33.3 Å². The highest BCUT2D eigenvalue weighted by Gasteiger charge is 2.51. The van der Waals surface area contributed by atoms with Crippen molar-refractivity contribution in [2.45, 2.75) is 43.9 Å². The van der Waals surface area contributed by atoms with Crippen LogP contribution in [0.2, 0.25) is 0 Å². The summed E-state index contributed by atoms with van der Waals surface area (Å²) in [4.78, 5) is 0. The number of H-pyrrole nitrogens is 1. The molecular weight excluding hydrogens is 314 g/mol. The topological polar surface area (TPSA) is 41.6 Å². The third-order valence-corrected chi connectivity index (χ3v) is 6.63. The Hall–Kier alpha value is -0.900. The zero-order chi connectivity index (χ0) is 13.3. The second-order valence-electron chi connectivity index (χ2n) is 7.35. The lowest BCUT2D eigenvalue weighted by atomic mass is 9.48. The molecule has 4 aliphatic carbocycles. The number of aromatic nitrogens is 3. The average molecular weight is 332 g/mol. The van der Waals surface area contributed by atoms with E-state index in [-0.39, 0.29) is 0 Å². The molecule has 4 heteroatoms. The van der Waals surface area contributed by atoms with Crippen molar-refractivity contribution >= 4 is 27.0 Å². The highest BCUT2D eigenvalue weighted by atomic mass is 79.9. The van der Waals surface area contributed by atoms with E-state index in [1.807, 2.05) is 0 Å². The van der Waals surface area contributed by atoms with E-state index in [9.17, 15) is 0 Å². The van der Waals surface area contributed by atoms with Crippen LogP contribution in [-0.2, 0) is 5.41 Å². The summed E-state index contributed by atoms with van der Waals surface area (Å²) in [5.41, 5.74) is 3.90. The predicted molar refractivity (Wildman–Crippen MR) is 81.4 cm³/mol. The molecule has 0 spiro atoms. The first-order valence-corrected chi connectivity index (χ1v) is 8.52. The summed E-state index contributed by atoms with van der Waals surface area (Å²) in [6.45, 7) is 0. The fourth-order valence-corrected chi connectivity index (χ4v) is 6.22. The minimum Gasteiger partial charge on any atom is -0.197 e. The zero-order valence-electron chi connectivity index (χ0n) is 11.4. The number of benzene rings is 1. The molecule has 20 heavy (non-hydrogen) atoms. The quantitative estimate of drug-likeness (QED) is 0.851. The van der Waals surface area contributed by atoms with Gasteiger partial charge < -0.3 is 0 Å². The second-order valence-corrected chi connectivity index (χ2v) is 8.20. The fraction of sp³-hybridized carbons (Fsp3) is 0.625. The maximum atomic E-state index is 4.30. The Morgan fingerprint density at radius 1 is 1.00 bits per heavy atom. The van der Waals surface area contributed by atoms with Crippen molar-refractivity contribution in [2.24, 2.45) is 17.8 Å². The summed E-state index contributed by atoms with van der Waals surface area (Å²) < 4.78 is 1.09. The lowest BCUT2D eigenvalue weighted by Gasteiger charge is -2.57. The maximum Gasteiger partial charge on any atom is 0.127 e. The van der Waals surface area contributed by atoms with Crippen LogP contribution in [-0.4, -0.2) is 15.4 Å². The van der Waals surface area contributed by atoms with Gasteiger partial charge in [-0.25, -0.2) is 0 Å². The summed E-state index contributed by atoms with van der Waals surface area (Å²) in [5, 5.41) is 11.3. The number of hydrogen-bond donors (Lipinski definition) is 1. The number of halogens is 1. The minimum absolute atomic E-state index is 0.435. The molecule has 0 unspecified atom stereocenters. The third-order valence-electron chi connectivity index (χ3n) is 6.03. The Morgan fingerprint density at radius 2 is 1.65 bits per heavy atom. The SMILES string of the molecule is Brc1cc(C23CC4CC(CC(C4)C2)C3)cc2n[nH]nc12. The molecule has 6 rings (SSSR count). The molecule has 3 nitrogen and oxygen atoms in total. The fourth-order valence-electron chi connectivity index (χ4n) is 5.68. The van der Waals surface area contributed by atoms with Gasteiger partial charge in [0.1, 0.15) is 11.0 Å². The molecule has 0 amide bonds. The van der Waals surface area contributed by atoms with E-state index < -0.39 is 0 Å². The molecule has 4 aliphatic rings. The van der Waals surface area contributed by atoms with Crippen LogP contribution in [0.15, 0.2) is 16.6 Å². The third kappa shape index (κ3) is 1.51. The van der Waals surface area contributed by atoms with Gasteiger partial charge in [-0.15, -0.1) is 0 Å². The predicted octanol–water partition coefficient (Wildman–Crippen LogP) is 4.19. The molecule has 0 saturated heterocycles. The van der Waals surface area contributed by atoms with Crippen LogP contribution in [0.4, 0.5) is 0 Å². The number of fused-ring (bicyclic) bond motifs is 1. The normalized spacial score (nSPS) is 38.8. The van der Waals surface area contributed by atoms with E-state index >= 15 is 0 Å². The molecule has 104 valence electrons. The van der Waals surface area contributed by atoms with E-state index in [1.54, 1.807) is 0 Å². The van der Waals surface area contributed by atoms with Crippen molar-refractivity contribution in [3.8, 4) is 0 Å². The average Bonchev–Trinajstić information content (AvgIpc) is 2.86. The van der Waals surface area contributed by atoms with E-state index in [1.165, 1.54) is 44.1 Å². The van der Waals surface area contributed by atoms with Gasteiger partial charge in [-0.1, -0.05) is 0 Å². The minimum atomic E-state index is 0.435. The van der Waals surface area contributed by atoms with Crippen molar-refractivity contribution in [3.63, 3.8) is 0 Å². The van der Waals surface area contributed by atoms with Crippen LogP contribution < -0.4 is 0 Å². The molecule has 1 N–H and O–H groups in total. The summed E-state index contributed by atoms with van der Waals surface area (Å²) in [6, 6.07) is 4.61. The Balaban J connectivity index is 1.67. The highest BCUT2D eigenvalue weighted by molar-refractivity contribution is 9.10. The summed E-state index contributed by atoms with van der Waals surface area (Å²) in [7, 11) is 0. The van der Waals surface area contributed by atoms with Crippen molar-refractivity contribution in [3.05, 3.63) is 22.2 Å². The number of aromatic amines is 1. The summed E-state index contributed by atoms with van der Waals surface area (Å²) in [5.74, 6) is 2.94. The molecule has 1 aromatic heterocycles. The van der Waals surface area contributed by atoms with E-state index in [4.69, 9.17) is 0 Å². The van der Waals surface area contributed by atoms with Crippen molar-refractivity contribution in [1.82, 2.24) is 15.4 Å². The van der Waals surface area contributed by atoms with Crippen LogP contribution >= 0.6 is 15.9 Å². The lowest BCUT2D eigenvalue weighted by Crippen LogP contribution is -2.48. The number of nitrogens with zero attached hydrogens (tertiary/aromatic N) is 2. The van der Waals surface area contributed by atoms with Crippen LogP contribution in [0.5, 0.6) is 0 Å². The van der Waals surface area contributed by atoms with Crippen molar-refractivity contribution < 1.29 is 0 Å². The molecule has 1 aromatic carbocycles. The maximum absolute atomic E-state index is 4.30. The molecule has 1 heterocycles. The first-order valence-electron chi connectivity index (χ1n) is 7.72. The van der Waals surface area contributed by atoms with Crippen LogP contribution in [0.1, 0.15) is 44.1 Å². The molecule has 4 fully saturated rings. The van der Waals surface area contributed by atoms with Gasteiger partial charge in [-0.3, -0.25) is 0 Å². The Morgan fingerprint density at radius 3 is 2.30 bits per heavy atom. The first-order chi connectivity index (χ1) is 9.72. The zero-order valence-corrected chi connectivity index (χ0v) is 13.0. The van der Waals surface area contributed by atoms with Crippen LogP contribution in [0, 0.1) is 17.8 Å². The first kappa shape index (κ1) is 11.7. The van der Waals surface area contributed by atoms with Crippen molar-refractivity contribution in [2.75, 3.05) is 0 Å². The standard InChI is InChI=1S/C16H18BrN3/c17-13-4-12(5-14-15(13)19-20-18-14)16-6-9-1-10(7-16)3-11(2-9)8-16/h4-5,9-11H,1-3,6-8H2,(H,18,19,20). The Bertz CT molecular complexity index is 655. The van der Waals surface area contributed by atoms with Crippen molar-refractivity contribution in [1.29, 1.82) is 0 Å². The molecule has 4 bridgehead atoms. The van der Waals surface area contributed by atoms with Gasteiger partial charge in [0.15, 0.2) is 0 Å².